The Kier molecular flexibility index (Phi) is 14.9. The molecule has 0 aromatic carbocycles. The van der Waals surface area contributed by atoms with E-state index in [9.17, 15) is 4.79 Å². The van der Waals surface area contributed by atoms with Crippen molar-refractivity contribution in [1.29, 1.82) is 0 Å². The van der Waals surface area contributed by atoms with Crippen LogP contribution in [0.3, 0.4) is 0 Å². The van der Waals surface area contributed by atoms with Crippen molar-refractivity contribution >= 4 is 6.29 Å². The van der Waals surface area contributed by atoms with Crippen LogP contribution < -0.4 is 0 Å². The summed E-state index contributed by atoms with van der Waals surface area (Å²) in [6.45, 7) is 2.26. The average molecular weight is 237 g/mol. The molecule has 0 atom stereocenters. The summed E-state index contributed by atoms with van der Waals surface area (Å²) in [7, 11) is 0. The molecule has 99 valence electrons. The van der Waals surface area contributed by atoms with Gasteiger partial charge in [-0.3, -0.25) is 4.79 Å². The fraction of sp³-hybridized carbons (Fsp3) is 0.812. The number of rotatable bonds is 13. The Labute approximate surface area is 108 Å². The molecule has 0 amide bonds. The van der Waals surface area contributed by atoms with Gasteiger partial charge >= 0.3 is 0 Å². The van der Waals surface area contributed by atoms with Gasteiger partial charge in [-0.1, -0.05) is 57.6 Å². The lowest BCUT2D eigenvalue weighted by atomic mass is 10.1. The fourth-order valence-corrected chi connectivity index (χ4v) is 1.91. The quantitative estimate of drug-likeness (QED) is 0.311. The topological polar surface area (TPSA) is 17.1 Å². The lowest BCUT2D eigenvalue weighted by Crippen LogP contribution is -1.79. The average Bonchev–Trinajstić information content (AvgIpc) is 2.35. The van der Waals surface area contributed by atoms with Crippen molar-refractivity contribution in [3.8, 4) is 0 Å². The van der Waals surface area contributed by atoms with Crippen molar-refractivity contribution < 1.29 is 4.79 Å². The largest absolute Gasteiger partial charge is 0.291 e. The summed E-state index contributed by atoms with van der Waals surface area (Å²) in [5.74, 6) is 0. The third-order valence-electron chi connectivity index (χ3n) is 3.04. The maximum atomic E-state index is 9.96. The van der Waals surface area contributed by atoms with Crippen molar-refractivity contribution in [3.63, 3.8) is 0 Å². The van der Waals surface area contributed by atoms with Gasteiger partial charge in [-0.05, 0) is 32.1 Å². The molecule has 0 spiro atoms. The highest BCUT2D eigenvalue weighted by atomic mass is 16.1. The summed E-state index contributed by atoms with van der Waals surface area (Å²) < 4.78 is 0. The molecule has 0 aliphatic carbocycles. The molecule has 17 heavy (non-hydrogen) atoms. The van der Waals surface area contributed by atoms with Crippen LogP contribution in [-0.2, 0) is 4.79 Å². The first-order valence-corrected chi connectivity index (χ1v) is 7.41. The van der Waals surface area contributed by atoms with Crippen LogP contribution in [0.5, 0.6) is 0 Å². The first-order valence-electron chi connectivity index (χ1n) is 7.41. The molecule has 0 rings (SSSR count). The zero-order chi connectivity index (χ0) is 12.6. The minimum absolute atomic E-state index is 0.603. The SMILES string of the molecule is CCCCCCCCCC=CCCCC[C]=O. The van der Waals surface area contributed by atoms with E-state index in [1.807, 2.05) is 6.29 Å². The van der Waals surface area contributed by atoms with E-state index in [-0.39, 0.29) is 0 Å². The van der Waals surface area contributed by atoms with E-state index in [4.69, 9.17) is 0 Å². The molecule has 1 radical (unpaired) electrons. The molecule has 1 heteroatoms. The Morgan fingerprint density at radius 1 is 0.765 bits per heavy atom. The second kappa shape index (κ2) is 15.4. The van der Waals surface area contributed by atoms with Gasteiger partial charge in [-0.15, -0.1) is 0 Å². The summed E-state index contributed by atoms with van der Waals surface area (Å²) in [6.07, 6.45) is 21.3. The van der Waals surface area contributed by atoms with E-state index in [0.717, 1.165) is 19.3 Å². The smallest absolute Gasteiger partial charge is 0.198 e. The third kappa shape index (κ3) is 15.4. The highest BCUT2D eigenvalue weighted by molar-refractivity contribution is 5.50. The lowest BCUT2D eigenvalue weighted by molar-refractivity contribution is 0.547. The molecular formula is C16H29O. The van der Waals surface area contributed by atoms with Gasteiger partial charge < -0.3 is 0 Å². The Bertz CT molecular complexity index is 172. The first kappa shape index (κ1) is 16.4. The van der Waals surface area contributed by atoms with E-state index >= 15 is 0 Å². The maximum absolute atomic E-state index is 9.96. The molecule has 0 saturated carbocycles. The molecule has 0 aliphatic rings. The summed E-state index contributed by atoms with van der Waals surface area (Å²) in [5.41, 5.74) is 0. The molecular weight excluding hydrogens is 208 g/mol. The van der Waals surface area contributed by atoms with Crippen LogP contribution in [0.15, 0.2) is 12.2 Å². The standard InChI is InChI=1S/C16H29O/c1-2-3-4-5-6-7-8-9-10-11-12-13-14-15-16-17/h10-11H,2-9,12-15H2,1H3. The van der Waals surface area contributed by atoms with Crippen LogP contribution in [0.25, 0.3) is 0 Å². The Morgan fingerprint density at radius 3 is 1.88 bits per heavy atom. The second-order valence-corrected chi connectivity index (χ2v) is 4.77. The van der Waals surface area contributed by atoms with Crippen LogP contribution >= 0.6 is 0 Å². The predicted molar refractivity (Wildman–Crippen MR) is 75.9 cm³/mol. The van der Waals surface area contributed by atoms with Gasteiger partial charge in [0, 0.05) is 6.42 Å². The molecule has 0 saturated heterocycles. The predicted octanol–water partition coefficient (Wildman–Crippen LogP) is 5.35. The third-order valence-corrected chi connectivity index (χ3v) is 3.04. The summed E-state index contributed by atoms with van der Waals surface area (Å²) >= 11 is 0. The first-order chi connectivity index (χ1) is 8.41. The van der Waals surface area contributed by atoms with Crippen molar-refractivity contribution in [3.05, 3.63) is 12.2 Å². The van der Waals surface area contributed by atoms with Gasteiger partial charge in [0.1, 0.15) is 0 Å². The molecule has 0 fully saturated rings. The van der Waals surface area contributed by atoms with E-state index in [2.05, 4.69) is 19.1 Å². The zero-order valence-electron chi connectivity index (χ0n) is 11.5. The highest BCUT2D eigenvalue weighted by Crippen LogP contribution is 2.09. The Hall–Kier alpha value is -0.590. The van der Waals surface area contributed by atoms with Crippen LogP contribution in [-0.4, -0.2) is 6.29 Å². The van der Waals surface area contributed by atoms with Crippen molar-refractivity contribution in [1.82, 2.24) is 0 Å². The van der Waals surface area contributed by atoms with E-state index in [0.29, 0.717) is 6.42 Å². The maximum Gasteiger partial charge on any atom is 0.198 e. The number of allylic oxidation sites excluding steroid dienone is 2. The zero-order valence-corrected chi connectivity index (χ0v) is 11.5. The summed E-state index contributed by atoms with van der Waals surface area (Å²) in [4.78, 5) is 9.96. The lowest BCUT2D eigenvalue weighted by Gasteiger charge is -1.98. The number of unbranched alkanes of at least 4 members (excludes halogenated alkanes) is 10. The molecule has 0 aliphatic heterocycles. The summed E-state index contributed by atoms with van der Waals surface area (Å²) in [5, 5.41) is 0. The molecule has 0 bridgehead atoms. The van der Waals surface area contributed by atoms with E-state index in [1.165, 1.54) is 51.4 Å². The minimum Gasteiger partial charge on any atom is -0.291 e. The number of hydrogen-bond donors (Lipinski definition) is 0. The molecule has 0 N–H and O–H groups in total. The van der Waals surface area contributed by atoms with Gasteiger partial charge in [0.05, 0.1) is 0 Å². The summed E-state index contributed by atoms with van der Waals surface area (Å²) in [6, 6.07) is 0. The minimum atomic E-state index is 0.603. The fourth-order valence-electron chi connectivity index (χ4n) is 1.91. The van der Waals surface area contributed by atoms with Gasteiger partial charge in [-0.25, -0.2) is 0 Å². The Balaban J connectivity index is 3.01. The van der Waals surface area contributed by atoms with Gasteiger partial charge in [0.15, 0.2) is 6.29 Å². The monoisotopic (exact) mass is 237 g/mol. The van der Waals surface area contributed by atoms with Crippen LogP contribution in [0.4, 0.5) is 0 Å². The van der Waals surface area contributed by atoms with Crippen molar-refractivity contribution in [2.24, 2.45) is 0 Å². The van der Waals surface area contributed by atoms with Crippen LogP contribution in [0.2, 0.25) is 0 Å². The van der Waals surface area contributed by atoms with Gasteiger partial charge in [0.25, 0.3) is 0 Å². The van der Waals surface area contributed by atoms with Crippen LogP contribution in [0.1, 0.15) is 84.0 Å². The van der Waals surface area contributed by atoms with E-state index in [1.54, 1.807) is 0 Å². The van der Waals surface area contributed by atoms with Crippen LogP contribution in [0, 0.1) is 0 Å². The number of carbonyl (C=O) groups excluding carboxylic acids is 1. The van der Waals surface area contributed by atoms with Gasteiger partial charge in [0.2, 0.25) is 0 Å². The normalized spacial score (nSPS) is 11.1. The van der Waals surface area contributed by atoms with Gasteiger partial charge in [-0.2, -0.15) is 0 Å². The number of hydrogen-bond acceptors (Lipinski definition) is 1. The molecule has 0 heterocycles. The van der Waals surface area contributed by atoms with Crippen molar-refractivity contribution in [2.45, 2.75) is 84.0 Å². The highest BCUT2D eigenvalue weighted by Gasteiger charge is 1.89. The Morgan fingerprint density at radius 2 is 1.29 bits per heavy atom. The molecule has 0 unspecified atom stereocenters. The molecule has 0 aromatic heterocycles. The van der Waals surface area contributed by atoms with E-state index < -0.39 is 0 Å². The van der Waals surface area contributed by atoms with Crippen molar-refractivity contribution in [2.75, 3.05) is 0 Å². The molecule has 0 aromatic rings. The molecule has 1 nitrogen and oxygen atoms in total. The second-order valence-electron chi connectivity index (χ2n) is 4.77.